The van der Waals surface area contributed by atoms with Gasteiger partial charge in [-0.3, -0.25) is 0 Å². The lowest BCUT2D eigenvalue weighted by Gasteiger charge is -2.25. The molecule has 2 heterocycles. The molecule has 1 nitrogen and oxygen atoms in total. The molecule has 0 spiro atoms. The molecule has 184 valence electrons. The SMILES string of the molecule is Cc1nc(-c2ccc(C(C)(C)c3cc(F)c(F)c(F)c3)s2)sc1C(C)(C)c1cc(F)c(F)c(F)c1. The molecule has 4 rings (SSSR count). The van der Waals surface area contributed by atoms with Crippen LogP contribution in [0, 0.1) is 41.8 Å². The number of hydrogen-bond acceptors (Lipinski definition) is 3. The fraction of sp³-hybridized carbons (Fsp3) is 0.269. The van der Waals surface area contributed by atoms with Crippen molar-refractivity contribution in [2.24, 2.45) is 0 Å². The summed E-state index contributed by atoms with van der Waals surface area (Å²) in [5.41, 5.74) is -0.425. The average molecular weight is 526 g/mol. The lowest BCUT2D eigenvalue weighted by Crippen LogP contribution is -2.19. The summed E-state index contributed by atoms with van der Waals surface area (Å²) in [6, 6.07) is 7.63. The predicted octanol–water partition coefficient (Wildman–Crippen LogP) is 8.67. The van der Waals surface area contributed by atoms with E-state index < -0.39 is 45.7 Å². The van der Waals surface area contributed by atoms with Gasteiger partial charge in [-0.15, -0.1) is 22.7 Å². The summed E-state index contributed by atoms with van der Waals surface area (Å²) in [5.74, 6) is -8.03. The van der Waals surface area contributed by atoms with Crippen molar-refractivity contribution >= 4 is 22.7 Å². The fourth-order valence-electron chi connectivity index (χ4n) is 3.98. The molecule has 0 bridgehead atoms. The highest BCUT2D eigenvalue weighted by Gasteiger charge is 2.32. The molecule has 9 heteroatoms. The maximum atomic E-state index is 13.9. The Kier molecular flexibility index (Phi) is 6.38. The quantitative estimate of drug-likeness (QED) is 0.188. The van der Waals surface area contributed by atoms with Gasteiger partial charge in [-0.25, -0.2) is 31.3 Å². The van der Waals surface area contributed by atoms with E-state index in [9.17, 15) is 26.3 Å². The van der Waals surface area contributed by atoms with E-state index in [1.807, 2.05) is 12.1 Å². The maximum absolute atomic E-state index is 13.9. The molecule has 0 fully saturated rings. The van der Waals surface area contributed by atoms with E-state index in [0.29, 0.717) is 16.3 Å². The lowest BCUT2D eigenvalue weighted by atomic mass is 9.82. The van der Waals surface area contributed by atoms with Crippen LogP contribution in [0.4, 0.5) is 26.3 Å². The van der Waals surface area contributed by atoms with Crippen LogP contribution in [-0.4, -0.2) is 4.98 Å². The molecule has 2 aromatic heterocycles. The van der Waals surface area contributed by atoms with Crippen molar-refractivity contribution < 1.29 is 26.3 Å². The summed E-state index contributed by atoms with van der Waals surface area (Å²) < 4.78 is 82.4. The fourth-order valence-corrected chi connectivity index (χ4v) is 6.35. The Labute approximate surface area is 207 Å². The zero-order valence-corrected chi connectivity index (χ0v) is 21.1. The van der Waals surface area contributed by atoms with Crippen molar-refractivity contribution in [2.45, 2.75) is 45.4 Å². The van der Waals surface area contributed by atoms with Crippen LogP contribution in [0.3, 0.4) is 0 Å². The van der Waals surface area contributed by atoms with Gasteiger partial charge in [0, 0.05) is 20.6 Å². The Morgan fingerprint density at radius 3 is 1.60 bits per heavy atom. The molecule has 0 aliphatic heterocycles. The van der Waals surface area contributed by atoms with Crippen molar-refractivity contribution in [3.63, 3.8) is 0 Å². The highest BCUT2D eigenvalue weighted by Crippen LogP contribution is 2.44. The molecule has 0 saturated carbocycles. The van der Waals surface area contributed by atoms with E-state index in [2.05, 4.69) is 4.98 Å². The summed E-state index contributed by atoms with van der Waals surface area (Å²) in [6.07, 6.45) is 0. The van der Waals surface area contributed by atoms with Gasteiger partial charge in [0.1, 0.15) is 5.01 Å². The minimum atomic E-state index is -1.51. The van der Waals surface area contributed by atoms with Crippen LogP contribution in [0.2, 0.25) is 0 Å². The molecular weight excluding hydrogens is 504 g/mol. The Morgan fingerprint density at radius 2 is 1.11 bits per heavy atom. The van der Waals surface area contributed by atoms with Crippen molar-refractivity contribution in [2.75, 3.05) is 0 Å². The van der Waals surface area contributed by atoms with Crippen LogP contribution in [0.15, 0.2) is 36.4 Å². The number of rotatable bonds is 5. The molecule has 0 aliphatic rings. The highest BCUT2D eigenvalue weighted by molar-refractivity contribution is 7.22. The molecule has 0 aliphatic carbocycles. The van der Waals surface area contributed by atoms with Crippen molar-refractivity contribution in [1.82, 2.24) is 4.98 Å². The number of hydrogen-bond donors (Lipinski definition) is 0. The lowest BCUT2D eigenvalue weighted by molar-refractivity contribution is 0.441. The number of halogens is 6. The second-order valence-electron chi connectivity index (χ2n) is 9.36. The summed E-state index contributed by atoms with van der Waals surface area (Å²) in [7, 11) is 0. The number of benzene rings is 2. The molecule has 0 radical (unpaired) electrons. The molecule has 0 unspecified atom stereocenters. The number of aromatic nitrogens is 1. The second kappa shape index (κ2) is 8.78. The van der Waals surface area contributed by atoms with Gasteiger partial charge in [-0.05, 0) is 54.4 Å². The predicted molar refractivity (Wildman–Crippen MR) is 127 cm³/mol. The molecule has 0 amide bonds. The van der Waals surface area contributed by atoms with Crippen molar-refractivity contribution in [3.8, 4) is 9.88 Å². The van der Waals surface area contributed by atoms with Crippen molar-refractivity contribution in [3.05, 3.63) is 97.9 Å². The number of thiazole rings is 1. The first kappa shape index (κ1) is 25.4. The monoisotopic (exact) mass is 525 g/mol. The largest absolute Gasteiger partial charge is 0.240 e. The van der Waals surface area contributed by atoms with Crippen LogP contribution in [0.1, 0.15) is 54.3 Å². The van der Waals surface area contributed by atoms with Crippen molar-refractivity contribution in [1.29, 1.82) is 0 Å². The van der Waals surface area contributed by atoms with Gasteiger partial charge in [-0.1, -0.05) is 27.7 Å². The summed E-state index contributed by atoms with van der Waals surface area (Å²) in [5, 5.41) is 0.664. The van der Waals surface area contributed by atoms with Crippen LogP contribution in [0.5, 0.6) is 0 Å². The molecule has 2 aromatic carbocycles. The zero-order valence-electron chi connectivity index (χ0n) is 19.5. The summed E-state index contributed by atoms with van der Waals surface area (Å²) in [4.78, 5) is 6.98. The third kappa shape index (κ3) is 4.40. The summed E-state index contributed by atoms with van der Waals surface area (Å²) in [6.45, 7) is 8.92. The number of nitrogens with zero attached hydrogens (tertiary/aromatic N) is 1. The number of thiophene rings is 1. The minimum Gasteiger partial charge on any atom is -0.240 e. The van der Waals surface area contributed by atoms with Gasteiger partial charge < -0.3 is 0 Å². The van der Waals surface area contributed by atoms with Crippen LogP contribution in [0.25, 0.3) is 9.88 Å². The van der Waals surface area contributed by atoms with Crippen LogP contribution < -0.4 is 0 Å². The first-order valence-electron chi connectivity index (χ1n) is 10.6. The normalized spacial score (nSPS) is 12.4. The third-order valence-electron chi connectivity index (χ3n) is 6.21. The van der Waals surface area contributed by atoms with Crippen LogP contribution >= 0.6 is 22.7 Å². The van der Waals surface area contributed by atoms with Gasteiger partial charge in [0.25, 0.3) is 0 Å². The standard InChI is InChI=1S/C26H21F6NS2/c1-12-23(26(4,5)14-10-17(29)22(32)18(30)11-14)35-24(33-12)19-6-7-20(34-19)25(2,3)13-8-15(27)21(31)16(28)9-13/h6-11H,1-5H3. The highest BCUT2D eigenvalue weighted by atomic mass is 32.1. The smallest absolute Gasteiger partial charge is 0.194 e. The first-order chi connectivity index (χ1) is 16.2. The zero-order chi connectivity index (χ0) is 25.9. The Balaban J connectivity index is 1.71. The van der Waals surface area contributed by atoms with Gasteiger partial charge in [0.2, 0.25) is 0 Å². The molecular formula is C26H21F6NS2. The maximum Gasteiger partial charge on any atom is 0.194 e. The van der Waals surface area contributed by atoms with E-state index >= 15 is 0 Å². The molecule has 35 heavy (non-hydrogen) atoms. The molecule has 0 saturated heterocycles. The van der Waals surface area contributed by atoms with E-state index in [4.69, 9.17) is 0 Å². The Morgan fingerprint density at radius 1 is 0.657 bits per heavy atom. The summed E-state index contributed by atoms with van der Waals surface area (Å²) >= 11 is 2.73. The molecule has 0 atom stereocenters. The van der Waals surface area contributed by atoms with E-state index in [0.717, 1.165) is 38.9 Å². The average Bonchev–Trinajstić information content (AvgIpc) is 3.42. The first-order valence-corrected chi connectivity index (χ1v) is 12.3. The van der Waals surface area contributed by atoms with Gasteiger partial charge >= 0.3 is 0 Å². The Hall–Kier alpha value is -2.65. The van der Waals surface area contributed by atoms with E-state index in [1.165, 1.54) is 22.7 Å². The van der Waals surface area contributed by atoms with E-state index in [1.54, 1.807) is 34.6 Å². The second-order valence-corrected chi connectivity index (χ2v) is 11.4. The topological polar surface area (TPSA) is 12.9 Å². The molecule has 0 N–H and O–H groups in total. The van der Waals surface area contributed by atoms with Gasteiger partial charge in [0.15, 0.2) is 34.9 Å². The van der Waals surface area contributed by atoms with Gasteiger partial charge in [-0.2, -0.15) is 0 Å². The Bertz CT molecular complexity index is 1390. The van der Waals surface area contributed by atoms with Crippen LogP contribution in [-0.2, 0) is 10.8 Å². The molecule has 4 aromatic rings. The van der Waals surface area contributed by atoms with Gasteiger partial charge in [0.05, 0.1) is 10.6 Å². The third-order valence-corrected chi connectivity index (χ3v) is 9.27. The minimum absolute atomic E-state index is 0.278. The van der Waals surface area contributed by atoms with E-state index in [-0.39, 0.29) is 5.56 Å². The number of aryl methyl sites for hydroxylation is 1.